The van der Waals surface area contributed by atoms with E-state index in [1.165, 1.54) is 4.68 Å². The molecule has 0 fully saturated rings. The molecule has 94 valence electrons. The maximum Gasteiger partial charge on any atom is 0.330 e. The molecule has 0 radical (unpaired) electrons. The van der Waals surface area contributed by atoms with Crippen LogP contribution in [0.5, 0.6) is 0 Å². The summed E-state index contributed by atoms with van der Waals surface area (Å²) in [6.45, 7) is 1.85. The van der Waals surface area contributed by atoms with Crippen molar-refractivity contribution in [3.63, 3.8) is 0 Å². The molecule has 1 aromatic heterocycles. The van der Waals surface area contributed by atoms with Gasteiger partial charge in [0.25, 0.3) is 0 Å². The smallest absolute Gasteiger partial charge is 0.330 e. The van der Waals surface area contributed by atoms with E-state index in [1.54, 1.807) is 12.1 Å². The first-order valence-corrected chi connectivity index (χ1v) is 5.61. The minimum atomic E-state index is -0.552. The Morgan fingerprint density at radius 2 is 2.28 bits per heavy atom. The standard InChI is InChI=1S/C11H11ClN4O2/c1-7(8-3-2-4-9(12)5-8)15-11(13)10(6-14-15)16(17)18/h2-7H,13H2,1H3. The van der Waals surface area contributed by atoms with Crippen molar-refractivity contribution in [3.05, 3.63) is 51.2 Å². The molecule has 0 aliphatic heterocycles. The van der Waals surface area contributed by atoms with E-state index in [4.69, 9.17) is 17.3 Å². The van der Waals surface area contributed by atoms with Gasteiger partial charge in [-0.1, -0.05) is 23.7 Å². The SMILES string of the molecule is CC(c1cccc(Cl)c1)n1ncc([N+](=O)[O-])c1N. The molecule has 0 bridgehead atoms. The summed E-state index contributed by atoms with van der Waals surface area (Å²) in [6, 6.07) is 6.98. The first-order chi connectivity index (χ1) is 8.50. The van der Waals surface area contributed by atoms with Crippen molar-refractivity contribution in [2.45, 2.75) is 13.0 Å². The normalized spacial score (nSPS) is 12.3. The Bertz CT molecular complexity index is 596. The number of nitrogens with zero attached hydrogens (tertiary/aromatic N) is 3. The molecular weight excluding hydrogens is 256 g/mol. The largest absolute Gasteiger partial charge is 0.378 e. The maximum absolute atomic E-state index is 10.7. The Morgan fingerprint density at radius 3 is 2.83 bits per heavy atom. The second-order valence-electron chi connectivity index (χ2n) is 3.85. The third-order valence-electron chi connectivity index (χ3n) is 2.71. The molecule has 1 aromatic carbocycles. The van der Waals surface area contributed by atoms with Crippen LogP contribution in [0.2, 0.25) is 5.02 Å². The van der Waals surface area contributed by atoms with Gasteiger partial charge in [-0.05, 0) is 24.6 Å². The quantitative estimate of drug-likeness (QED) is 0.683. The van der Waals surface area contributed by atoms with Crippen molar-refractivity contribution >= 4 is 23.1 Å². The highest BCUT2D eigenvalue weighted by atomic mass is 35.5. The Hall–Kier alpha value is -2.08. The number of aromatic nitrogens is 2. The van der Waals surface area contributed by atoms with Gasteiger partial charge in [0, 0.05) is 5.02 Å². The Morgan fingerprint density at radius 1 is 1.56 bits per heavy atom. The molecule has 1 heterocycles. The molecule has 0 saturated carbocycles. The fraction of sp³-hybridized carbons (Fsp3) is 0.182. The van der Waals surface area contributed by atoms with Gasteiger partial charge in [-0.2, -0.15) is 5.10 Å². The van der Waals surface area contributed by atoms with Crippen LogP contribution in [0.15, 0.2) is 30.5 Å². The fourth-order valence-electron chi connectivity index (χ4n) is 1.72. The van der Waals surface area contributed by atoms with Gasteiger partial charge in [0.05, 0.1) is 11.0 Å². The van der Waals surface area contributed by atoms with Crippen molar-refractivity contribution < 1.29 is 4.92 Å². The van der Waals surface area contributed by atoms with Gasteiger partial charge < -0.3 is 5.73 Å². The van der Waals surface area contributed by atoms with Crippen molar-refractivity contribution in [3.8, 4) is 0 Å². The highest BCUT2D eigenvalue weighted by Crippen LogP contribution is 2.27. The van der Waals surface area contributed by atoms with Gasteiger partial charge in [-0.25, -0.2) is 4.68 Å². The second-order valence-corrected chi connectivity index (χ2v) is 4.28. The van der Waals surface area contributed by atoms with Crippen LogP contribution in [0.3, 0.4) is 0 Å². The first kappa shape index (κ1) is 12.4. The number of nitrogens with two attached hydrogens (primary N) is 1. The molecule has 1 atom stereocenters. The average Bonchev–Trinajstić information content (AvgIpc) is 2.70. The summed E-state index contributed by atoms with van der Waals surface area (Å²) in [5.41, 5.74) is 6.40. The van der Waals surface area contributed by atoms with Crippen molar-refractivity contribution in [2.24, 2.45) is 0 Å². The number of halogens is 1. The van der Waals surface area contributed by atoms with Crippen LogP contribution in [0.25, 0.3) is 0 Å². The van der Waals surface area contributed by atoms with Gasteiger partial charge in [0.15, 0.2) is 0 Å². The number of benzene rings is 1. The zero-order chi connectivity index (χ0) is 13.3. The molecule has 0 aliphatic carbocycles. The third kappa shape index (κ3) is 2.14. The van der Waals surface area contributed by atoms with E-state index in [-0.39, 0.29) is 17.5 Å². The number of nitro groups is 1. The van der Waals surface area contributed by atoms with E-state index < -0.39 is 4.92 Å². The maximum atomic E-state index is 10.7. The molecule has 2 N–H and O–H groups in total. The molecule has 0 spiro atoms. The topological polar surface area (TPSA) is 87.0 Å². The van der Waals surface area contributed by atoms with Crippen LogP contribution in [0.1, 0.15) is 18.5 Å². The monoisotopic (exact) mass is 266 g/mol. The summed E-state index contributed by atoms with van der Waals surface area (Å²) < 4.78 is 1.41. The van der Waals surface area contributed by atoms with Gasteiger partial charge in [-0.15, -0.1) is 0 Å². The predicted molar refractivity (Wildman–Crippen MR) is 68.6 cm³/mol. The zero-order valence-electron chi connectivity index (χ0n) is 9.58. The summed E-state index contributed by atoms with van der Waals surface area (Å²) in [6.07, 6.45) is 1.15. The number of hydrogen-bond acceptors (Lipinski definition) is 4. The van der Waals surface area contributed by atoms with Crippen LogP contribution in [0.4, 0.5) is 11.5 Å². The van der Waals surface area contributed by atoms with Gasteiger partial charge >= 0.3 is 5.69 Å². The highest BCUT2D eigenvalue weighted by molar-refractivity contribution is 6.30. The summed E-state index contributed by atoms with van der Waals surface area (Å²) in [5.74, 6) is 0.0347. The molecule has 1 unspecified atom stereocenters. The Balaban J connectivity index is 2.40. The Kier molecular flexibility index (Phi) is 3.20. The summed E-state index contributed by atoms with van der Waals surface area (Å²) in [7, 11) is 0. The van der Waals surface area contributed by atoms with Crippen LogP contribution in [-0.4, -0.2) is 14.7 Å². The number of nitrogen functional groups attached to an aromatic ring is 1. The highest BCUT2D eigenvalue weighted by Gasteiger charge is 2.21. The summed E-state index contributed by atoms with van der Waals surface area (Å²) in [5, 5.41) is 15.2. The minimum Gasteiger partial charge on any atom is -0.378 e. The molecule has 0 saturated heterocycles. The van der Waals surface area contributed by atoms with Crippen molar-refractivity contribution in [2.75, 3.05) is 5.73 Å². The number of rotatable bonds is 3. The molecule has 2 rings (SSSR count). The molecule has 0 amide bonds. The number of anilines is 1. The van der Waals surface area contributed by atoms with Crippen LogP contribution < -0.4 is 5.73 Å². The molecular formula is C11H11ClN4O2. The van der Waals surface area contributed by atoms with E-state index in [9.17, 15) is 10.1 Å². The zero-order valence-corrected chi connectivity index (χ0v) is 10.3. The minimum absolute atomic E-state index is 0.0347. The predicted octanol–water partition coefficient (Wildman–Crippen LogP) is 2.64. The lowest BCUT2D eigenvalue weighted by Crippen LogP contribution is -2.11. The molecule has 0 aliphatic rings. The fourth-order valence-corrected chi connectivity index (χ4v) is 1.92. The lowest BCUT2D eigenvalue weighted by atomic mass is 10.1. The van der Waals surface area contributed by atoms with Gasteiger partial charge in [0.1, 0.15) is 6.20 Å². The molecule has 6 nitrogen and oxygen atoms in total. The summed E-state index contributed by atoms with van der Waals surface area (Å²) >= 11 is 5.90. The van der Waals surface area contributed by atoms with E-state index in [0.717, 1.165) is 11.8 Å². The van der Waals surface area contributed by atoms with Crippen LogP contribution in [-0.2, 0) is 0 Å². The summed E-state index contributed by atoms with van der Waals surface area (Å²) in [4.78, 5) is 10.1. The molecule has 7 heteroatoms. The van der Waals surface area contributed by atoms with E-state index in [2.05, 4.69) is 5.10 Å². The average molecular weight is 267 g/mol. The van der Waals surface area contributed by atoms with Gasteiger partial charge in [-0.3, -0.25) is 10.1 Å². The van der Waals surface area contributed by atoms with Crippen LogP contribution in [0, 0.1) is 10.1 Å². The van der Waals surface area contributed by atoms with E-state index in [1.807, 2.05) is 19.1 Å². The van der Waals surface area contributed by atoms with Crippen LogP contribution >= 0.6 is 11.6 Å². The third-order valence-corrected chi connectivity index (χ3v) is 2.94. The molecule has 2 aromatic rings. The lowest BCUT2D eigenvalue weighted by molar-refractivity contribution is -0.384. The first-order valence-electron chi connectivity index (χ1n) is 5.23. The van der Waals surface area contributed by atoms with E-state index in [0.29, 0.717) is 5.02 Å². The van der Waals surface area contributed by atoms with Crippen molar-refractivity contribution in [1.29, 1.82) is 0 Å². The second kappa shape index (κ2) is 4.66. The molecule has 18 heavy (non-hydrogen) atoms. The lowest BCUT2D eigenvalue weighted by Gasteiger charge is -2.13. The number of hydrogen-bond donors (Lipinski definition) is 1. The van der Waals surface area contributed by atoms with E-state index >= 15 is 0 Å². The van der Waals surface area contributed by atoms with Crippen molar-refractivity contribution in [1.82, 2.24) is 9.78 Å². The van der Waals surface area contributed by atoms with Gasteiger partial charge in [0.2, 0.25) is 5.82 Å². The Labute approximate surface area is 108 Å².